The third-order valence-electron chi connectivity index (χ3n) is 0.141. The molecule has 0 rings (SSSR count). The lowest BCUT2D eigenvalue weighted by atomic mass is 11.0. The Morgan fingerprint density at radius 1 is 1.80 bits per heavy atom. The minimum absolute atomic E-state index is 0.701. The van der Waals surface area contributed by atoms with Gasteiger partial charge in [0.05, 0.1) is 12.8 Å². The lowest BCUT2D eigenvalue weighted by Crippen LogP contribution is -1.37. The molecule has 0 fully saturated rings. The first-order valence-electron chi connectivity index (χ1n) is 1.07. The average molecular weight is 69.1 g/mol. The van der Waals surface area contributed by atoms with E-state index in [1.165, 1.54) is 0 Å². The van der Waals surface area contributed by atoms with E-state index in [1.54, 1.807) is 0 Å². The predicted octanol–water partition coefficient (Wildman–Crippen LogP) is 0.935. The minimum Gasteiger partial charge on any atom is -0.527 e. The molecule has 0 aliphatic carbocycles. The van der Waals surface area contributed by atoms with Gasteiger partial charge in [0, 0.05) is 0 Å². The summed E-state index contributed by atoms with van der Waals surface area (Å²) in [4.78, 5) is 2.67. The number of aliphatic hydroxyl groups excluding tert-OH is 1. The van der Waals surface area contributed by atoms with Gasteiger partial charge in [-0.05, 0) is 0 Å². The highest BCUT2D eigenvalue weighted by Crippen LogP contribution is 1.61. The maximum atomic E-state index is 7.67. The molecule has 0 aromatic rings. The molecule has 26 valence electrons. The van der Waals surface area contributed by atoms with E-state index >= 15 is 0 Å². The highest BCUT2D eigenvalue weighted by atomic mass is 16.2. The predicted molar refractivity (Wildman–Crippen MR) is 18.4 cm³/mol. The topological polar surface area (TPSA) is 24.6 Å². The van der Waals surface area contributed by atoms with Gasteiger partial charge in [0.15, 0.2) is 6.20 Å². The summed E-state index contributed by atoms with van der Waals surface area (Å²) in [7, 11) is 0. The molecule has 0 heterocycles. The van der Waals surface area contributed by atoms with E-state index in [4.69, 9.17) is 11.7 Å². The van der Waals surface area contributed by atoms with Gasteiger partial charge < -0.3 is 5.11 Å². The van der Waals surface area contributed by atoms with Crippen LogP contribution in [0.15, 0.2) is 12.5 Å². The molecule has 0 saturated heterocycles. The fourth-order valence-electron chi connectivity index (χ4n) is 0.0333. The van der Waals surface area contributed by atoms with Gasteiger partial charge in [-0.3, -0.25) is 0 Å². The van der Waals surface area contributed by atoms with Crippen molar-refractivity contribution >= 4 is 0 Å². The summed E-state index contributed by atoms with van der Waals surface area (Å²) in [6, 6.07) is 0. The third-order valence-corrected chi connectivity index (χ3v) is 0.141. The molecular formula is C3H3NO. The van der Waals surface area contributed by atoms with E-state index in [-0.39, 0.29) is 0 Å². The zero-order valence-corrected chi connectivity index (χ0v) is 2.55. The van der Waals surface area contributed by atoms with Crippen LogP contribution in [0.3, 0.4) is 0 Å². The van der Waals surface area contributed by atoms with Crippen molar-refractivity contribution in [2.75, 3.05) is 0 Å². The maximum absolute atomic E-state index is 7.67. The first-order chi connectivity index (χ1) is 2.41. The van der Waals surface area contributed by atoms with E-state index in [9.17, 15) is 0 Å². The van der Waals surface area contributed by atoms with Gasteiger partial charge in [0.1, 0.15) is 0 Å². The molecule has 0 saturated carbocycles. The van der Waals surface area contributed by atoms with Gasteiger partial charge in [-0.1, -0.05) is 0 Å². The smallest absolute Gasteiger partial charge is 0.187 e. The lowest BCUT2D eigenvalue weighted by molar-refractivity contribution is 0.473. The van der Waals surface area contributed by atoms with Crippen LogP contribution in [0.1, 0.15) is 0 Å². The number of rotatable bonds is 0. The first kappa shape index (κ1) is 4.03. The van der Waals surface area contributed by atoms with Gasteiger partial charge in [-0.25, -0.2) is 4.85 Å². The Balaban J connectivity index is 3.04. The summed E-state index contributed by atoms with van der Waals surface area (Å²) >= 11 is 0. The van der Waals surface area contributed by atoms with Crippen LogP contribution in [0.5, 0.6) is 0 Å². The normalized spacial score (nSPS) is 7.80. The Morgan fingerprint density at radius 3 is 2.40 bits per heavy atom. The summed E-state index contributed by atoms with van der Waals surface area (Å²) in [5.41, 5.74) is 0. The summed E-state index contributed by atoms with van der Waals surface area (Å²) in [5, 5.41) is 7.67. The maximum Gasteiger partial charge on any atom is 0.187 e. The highest BCUT2D eigenvalue weighted by molar-refractivity contribution is 4.81. The highest BCUT2D eigenvalue weighted by Gasteiger charge is 1.45. The number of nitrogens with zero attached hydrogens (tertiary/aromatic N) is 1. The molecule has 0 spiro atoms. The van der Waals surface area contributed by atoms with Crippen molar-refractivity contribution in [3.05, 3.63) is 23.9 Å². The second-order valence-corrected chi connectivity index (χ2v) is 0.427. The van der Waals surface area contributed by atoms with Crippen LogP contribution in [0.25, 0.3) is 4.85 Å². The molecule has 0 aliphatic rings. The average Bonchev–Trinajstić information content (AvgIpc) is 1.41. The molecular weight excluding hydrogens is 66.0 g/mol. The quantitative estimate of drug-likeness (QED) is 0.332. The summed E-state index contributed by atoms with van der Waals surface area (Å²) in [6.45, 7) is 5.98. The Hall–Kier alpha value is -0.970. The fourth-order valence-corrected chi connectivity index (χ4v) is 0.0333. The lowest BCUT2D eigenvalue weighted by Gasteiger charge is -1.53. The second-order valence-electron chi connectivity index (χ2n) is 0.427. The van der Waals surface area contributed by atoms with Gasteiger partial charge in [0.25, 0.3) is 0 Å². The van der Waals surface area contributed by atoms with E-state index < -0.39 is 0 Å². The molecule has 2 heteroatoms. The number of hydrogen-bond donors (Lipinski definition) is 1. The molecule has 0 aromatic heterocycles. The zero-order chi connectivity index (χ0) is 4.12. The molecule has 1 N–H and O–H groups in total. The first-order valence-corrected chi connectivity index (χ1v) is 1.07. The molecule has 0 atom stereocenters. The van der Waals surface area contributed by atoms with Crippen LogP contribution in [0.4, 0.5) is 0 Å². The fraction of sp³-hybridized carbons (Fsp3) is 0. The molecule has 0 bridgehead atoms. The van der Waals surface area contributed by atoms with Crippen molar-refractivity contribution in [1.29, 1.82) is 0 Å². The van der Waals surface area contributed by atoms with Crippen LogP contribution in [0, 0.1) is 6.57 Å². The Labute approximate surface area is 30.2 Å². The van der Waals surface area contributed by atoms with Crippen LogP contribution in [-0.2, 0) is 0 Å². The van der Waals surface area contributed by atoms with E-state index in [0.717, 1.165) is 6.20 Å². The SMILES string of the molecule is [C-]#[N+]/C=C\O. The summed E-state index contributed by atoms with van der Waals surface area (Å²) in [5.74, 6) is 0. The van der Waals surface area contributed by atoms with Gasteiger partial charge >= 0.3 is 0 Å². The van der Waals surface area contributed by atoms with Crippen LogP contribution in [-0.4, -0.2) is 5.11 Å². The van der Waals surface area contributed by atoms with Crippen molar-refractivity contribution in [2.45, 2.75) is 0 Å². The van der Waals surface area contributed by atoms with Gasteiger partial charge in [-0.2, -0.15) is 0 Å². The Morgan fingerprint density at radius 2 is 2.40 bits per heavy atom. The zero-order valence-electron chi connectivity index (χ0n) is 2.55. The van der Waals surface area contributed by atoms with Gasteiger partial charge in [-0.15, -0.1) is 0 Å². The van der Waals surface area contributed by atoms with Crippen LogP contribution >= 0.6 is 0 Å². The summed E-state index contributed by atoms with van der Waals surface area (Å²) < 4.78 is 0. The molecule has 5 heavy (non-hydrogen) atoms. The third kappa shape index (κ3) is 3.03. The summed E-state index contributed by atoms with van der Waals surface area (Å²) in [6.07, 6.45) is 1.67. The largest absolute Gasteiger partial charge is 0.527 e. The van der Waals surface area contributed by atoms with Crippen molar-refractivity contribution in [3.63, 3.8) is 0 Å². The minimum atomic E-state index is 0.701. The van der Waals surface area contributed by atoms with E-state index in [2.05, 4.69) is 4.85 Å². The molecule has 2 nitrogen and oxygen atoms in total. The van der Waals surface area contributed by atoms with Crippen molar-refractivity contribution in [1.82, 2.24) is 0 Å². The van der Waals surface area contributed by atoms with E-state index in [1.807, 2.05) is 0 Å². The van der Waals surface area contributed by atoms with Gasteiger partial charge in [0.2, 0.25) is 0 Å². The molecule has 0 unspecified atom stereocenters. The molecule has 0 aromatic carbocycles. The van der Waals surface area contributed by atoms with Crippen LogP contribution < -0.4 is 0 Å². The van der Waals surface area contributed by atoms with Crippen molar-refractivity contribution in [2.24, 2.45) is 0 Å². The molecule has 0 amide bonds. The Kier molecular flexibility index (Phi) is 2.44. The van der Waals surface area contributed by atoms with Crippen LogP contribution in [0.2, 0.25) is 0 Å². The second kappa shape index (κ2) is 3.03. The Bertz CT molecular complexity index is 69.5. The van der Waals surface area contributed by atoms with E-state index in [0.29, 0.717) is 6.26 Å². The number of aliphatic hydroxyl groups is 1. The monoisotopic (exact) mass is 69.0 g/mol. The molecule has 0 radical (unpaired) electrons. The van der Waals surface area contributed by atoms with Crippen molar-refractivity contribution in [3.8, 4) is 0 Å². The molecule has 0 aliphatic heterocycles. The standard InChI is InChI=1S/C3H3NO/c1-4-2-3-5/h2-3,5H/b3-2-. The van der Waals surface area contributed by atoms with Crippen molar-refractivity contribution < 1.29 is 5.11 Å². The number of hydrogen-bond acceptors (Lipinski definition) is 1.